The number of hydrogen-bond donors (Lipinski definition) is 1. The van der Waals surface area contributed by atoms with Crippen LogP contribution in [0.25, 0.3) is 0 Å². The standard InChI is InChI=1S/C18H21F2N/c1-11-8-9-15(12(2)10-11)13(3)21-14(4)16-6-5-7-17(19)18(16)20/h5-10,13-14,21H,1-4H3. The SMILES string of the molecule is Cc1ccc(C(C)NC(C)c2cccc(F)c2F)c(C)c1. The molecule has 2 aromatic rings. The summed E-state index contributed by atoms with van der Waals surface area (Å²) in [7, 11) is 0. The Labute approximate surface area is 125 Å². The molecule has 0 radical (unpaired) electrons. The van der Waals surface area contributed by atoms with E-state index in [1.54, 1.807) is 6.07 Å². The van der Waals surface area contributed by atoms with Gasteiger partial charge in [-0.25, -0.2) is 8.78 Å². The predicted octanol–water partition coefficient (Wildman–Crippen LogP) is 4.99. The molecule has 0 amide bonds. The molecule has 0 aliphatic carbocycles. The fraction of sp³-hybridized carbons (Fsp3) is 0.333. The number of halogens is 2. The topological polar surface area (TPSA) is 12.0 Å². The zero-order valence-corrected chi connectivity index (χ0v) is 12.9. The van der Waals surface area contributed by atoms with Gasteiger partial charge < -0.3 is 5.32 Å². The molecule has 2 unspecified atom stereocenters. The normalized spacial score (nSPS) is 14.0. The maximum Gasteiger partial charge on any atom is 0.163 e. The summed E-state index contributed by atoms with van der Waals surface area (Å²) in [6, 6.07) is 10.4. The van der Waals surface area contributed by atoms with Crippen molar-refractivity contribution < 1.29 is 8.78 Å². The van der Waals surface area contributed by atoms with E-state index in [9.17, 15) is 8.78 Å². The number of hydrogen-bond acceptors (Lipinski definition) is 1. The Bertz CT molecular complexity index is 637. The second-order valence-corrected chi connectivity index (χ2v) is 5.61. The van der Waals surface area contributed by atoms with Gasteiger partial charge in [-0.05, 0) is 44.9 Å². The summed E-state index contributed by atoms with van der Waals surface area (Å²) in [5.74, 6) is -1.58. The summed E-state index contributed by atoms with van der Waals surface area (Å²) in [4.78, 5) is 0. The van der Waals surface area contributed by atoms with Gasteiger partial charge in [0.05, 0.1) is 0 Å². The number of nitrogens with one attached hydrogen (secondary N) is 1. The minimum Gasteiger partial charge on any atom is -0.304 e. The Morgan fingerprint density at radius 2 is 1.57 bits per heavy atom. The summed E-state index contributed by atoms with van der Waals surface area (Å²) in [5, 5.41) is 3.33. The molecule has 0 heterocycles. The molecule has 0 aliphatic rings. The molecule has 2 atom stereocenters. The van der Waals surface area contributed by atoms with E-state index in [4.69, 9.17) is 0 Å². The lowest BCUT2D eigenvalue weighted by atomic mass is 9.98. The molecular weight excluding hydrogens is 268 g/mol. The molecule has 112 valence electrons. The van der Waals surface area contributed by atoms with E-state index in [0.717, 1.165) is 6.07 Å². The van der Waals surface area contributed by atoms with Crippen LogP contribution in [-0.2, 0) is 0 Å². The lowest BCUT2D eigenvalue weighted by molar-refractivity contribution is 0.448. The molecule has 0 fully saturated rings. The van der Waals surface area contributed by atoms with Gasteiger partial charge in [-0.2, -0.15) is 0 Å². The van der Waals surface area contributed by atoms with Gasteiger partial charge in [0, 0.05) is 17.6 Å². The van der Waals surface area contributed by atoms with Crippen LogP contribution >= 0.6 is 0 Å². The Hall–Kier alpha value is -1.74. The number of aryl methyl sites for hydroxylation is 2. The molecule has 0 bridgehead atoms. The largest absolute Gasteiger partial charge is 0.304 e. The number of benzene rings is 2. The van der Waals surface area contributed by atoms with Gasteiger partial charge in [0.1, 0.15) is 0 Å². The molecule has 1 nitrogen and oxygen atoms in total. The second-order valence-electron chi connectivity index (χ2n) is 5.61. The van der Waals surface area contributed by atoms with Crippen LogP contribution in [0.15, 0.2) is 36.4 Å². The van der Waals surface area contributed by atoms with Crippen LogP contribution in [-0.4, -0.2) is 0 Å². The van der Waals surface area contributed by atoms with Crippen LogP contribution in [0.3, 0.4) is 0 Å². The maximum absolute atomic E-state index is 13.8. The van der Waals surface area contributed by atoms with Crippen molar-refractivity contribution in [1.82, 2.24) is 5.32 Å². The van der Waals surface area contributed by atoms with Gasteiger partial charge in [0.2, 0.25) is 0 Å². The highest BCUT2D eigenvalue weighted by molar-refractivity contribution is 5.33. The first kappa shape index (κ1) is 15.6. The van der Waals surface area contributed by atoms with Crippen LogP contribution in [0.1, 0.15) is 48.2 Å². The van der Waals surface area contributed by atoms with Gasteiger partial charge >= 0.3 is 0 Å². The van der Waals surface area contributed by atoms with E-state index in [0.29, 0.717) is 5.56 Å². The summed E-state index contributed by atoms with van der Waals surface area (Å²) >= 11 is 0. The molecule has 0 spiro atoms. The average Bonchev–Trinajstić information content (AvgIpc) is 2.41. The maximum atomic E-state index is 13.8. The van der Waals surface area contributed by atoms with Crippen molar-refractivity contribution in [2.45, 2.75) is 39.8 Å². The first-order valence-corrected chi connectivity index (χ1v) is 7.17. The van der Waals surface area contributed by atoms with E-state index in [1.807, 2.05) is 13.8 Å². The highest BCUT2D eigenvalue weighted by Crippen LogP contribution is 2.24. The van der Waals surface area contributed by atoms with Crippen molar-refractivity contribution in [2.24, 2.45) is 0 Å². The van der Waals surface area contributed by atoms with Crippen LogP contribution in [0.2, 0.25) is 0 Å². The van der Waals surface area contributed by atoms with Gasteiger partial charge in [0.25, 0.3) is 0 Å². The summed E-state index contributed by atoms with van der Waals surface area (Å²) in [5.41, 5.74) is 3.94. The molecule has 2 aromatic carbocycles. The monoisotopic (exact) mass is 289 g/mol. The van der Waals surface area contributed by atoms with Gasteiger partial charge in [-0.1, -0.05) is 35.9 Å². The van der Waals surface area contributed by atoms with Crippen molar-refractivity contribution in [3.8, 4) is 0 Å². The van der Waals surface area contributed by atoms with Crippen molar-refractivity contribution in [2.75, 3.05) is 0 Å². The third kappa shape index (κ3) is 3.48. The molecular formula is C18H21F2N. The third-order valence-electron chi connectivity index (χ3n) is 3.84. The van der Waals surface area contributed by atoms with Crippen molar-refractivity contribution in [3.05, 3.63) is 70.3 Å². The van der Waals surface area contributed by atoms with E-state index < -0.39 is 11.6 Å². The van der Waals surface area contributed by atoms with Crippen molar-refractivity contribution in [3.63, 3.8) is 0 Å². The van der Waals surface area contributed by atoms with E-state index in [-0.39, 0.29) is 12.1 Å². The molecule has 0 saturated carbocycles. The summed E-state index contributed by atoms with van der Waals surface area (Å²) < 4.78 is 27.1. The van der Waals surface area contributed by atoms with Crippen LogP contribution in [0, 0.1) is 25.5 Å². The summed E-state index contributed by atoms with van der Waals surface area (Å²) in [6.07, 6.45) is 0. The molecule has 21 heavy (non-hydrogen) atoms. The van der Waals surface area contributed by atoms with Gasteiger partial charge in [-0.3, -0.25) is 0 Å². The minimum absolute atomic E-state index is 0.0586. The Kier molecular flexibility index (Phi) is 4.73. The Morgan fingerprint density at radius 3 is 2.24 bits per heavy atom. The smallest absolute Gasteiger partial charge is 0.163 e. The van der Waals surface area contributed by atoms with E-state index >= 15 is 0 Å². The molecule has 0 aromatic heterocycles. The Morgan fingerprint density at radius 1 is 0.905 bits per heavy atom. The van der Waals surface area contributed by atoms with E-state index in [2.05, 4.69) is 37.4 Å². The summed E-state index contributed by atoms with van der Waals surface area (Å²) in [6.45, 7) is 8.00. The molecule has 1 N–H and O–H groups in total. The van der Waals surface area contributed by atoms with Crippen molar-refractivity contribution >= 4 is 0 Å². The van der Waals surface area contributed by atoms with E-state index in [1.165, 1.54) is 22.8 Å². The minimum atomic E-state index is -0.805. The zero-order valence-electron chi connectivity index (χ0n) is 12.9. The fourth-order valence-corrected chi connectivity index (χ4v) is 2.72. The Balaban J connectivity index is 2.18. The van der Waals surface area contributed by atoms with Gasteiger partial charge in [-0.15, -0.1) is 0 Å². The van der Waals surface area contributed by atoms with Crippen LogP contribution in [0.4, 0.5) is 8.78 Å². The molecule has 0 saturated heterocycles. The molecule has 2 rings (SSSR count). The van der Waals surface area contributed by atoms with Crippen LogP contribution in [0.5, 0.6) is 0 Å². The van der Waals surface area contributed by atoms with Crippen molar-refractivity contribution in [1.29, 1.82) is 0 Å². The predicted molar refractivity (Wildman–Crippen MR) is 82.2 cm³/mol. The highest BCUT2D eigenvalue weighted by Gasteiger charge is 2.17. The molecule has 0 aliphatic heterocycles. The lowest BCUT2D eigenvalue weighted by Crippen LogP contribution is -2.24. The second kappa shape index (κ2) is 6.35. The lowest BCUT2D eigenvalue weighted by Gasteiger charge is -2.23. The third-order valence-corrected chi connectivity index (χ3v) is 3.84. The van der Waals surface area contributed by atoms with Crippen LogP contribution < -0.4 is 5.32 Å². The first-order valence-electron chi connectivity index (χ1n) is 7.17. The highest BCUT2D eigenvalue weighted by atomic mass is 19.2. The first-order chi connectivity index (χ1) is 9.90. The molecule has 3 heteroatoms. The number of rotatable bonds is 4. The average molecular weight is 289 g/mol. The fourth-order valence-electron chi connectivity index (χ4n) is 2.72. The van der Waals surface area contributed by atoms with Gasteiger partial charge in [0.15, 0.2) is 11.6 Å². The zero-order chi connectivity index (χ0) is 15.6. The quantitative estimate of drug-likeness (QED) is 0.835.